The molecule has 2 N–H and O–H groups in total. The molecule has 0 aliphatic carbocycles. The minimum absolute atomic E-state index is 0.164. The van der Waals surface area contributed by atoms with Gasteiger partial charge in [-0.2, -0.15) is 0 Å². The first-order valence-corrected chi connectivity index (χ1v) is 8.50. The lowest BCUT2D eigenvalue weighted by Gasteiger charge is -2.31. The van der Waals surface area contributed by atoms with Crippen molar-refractivity contribution < 1.29 is 24.2 Å². The summed E-state index contributed by atoms with van der Waals surface area (Å²) >= 11 is 0. The molecule has 1 heterocycles. The molecule has 1 aliphatic heterocycles. The zero-order valence-electron chi connectivity index (χ0n) is 14.0. The summed E-state index contributed by atoms with van der Waals surface area (Å²) in [5.41, 5.74) is 0. The number of fused-ring (bicyclic) bond motifs is 1. The molecule has 0 spiro atoms. The van der Waals surface area contributed by atoms with Crippen molar-refractivity contribution in [3.63, 3.8) is 0 Å². The van der Waals surface area contributed by atoms with Crippen LogP contribution < -0.4 is 14.8 Å². The van der Waals surface area contributed by atoms with Gasteiger partial charge in [-0.05, 0) is 31.9 Å². The molecule has 2 unspecified atom stereocenters. The molecule has 0 fully saturated rings. The summed E-state index contributed by atoms with van der Waals surface area (Å²) in [5.74, 6) is 0.347. The third-order valence-corrected chi connectivity index (χ3v) is 3.97. The third-order valence-electron chi connectivity index (χ3n) is 3.97. The second kappa shape index (κ2) is 9.15. The lowest BCUT2D eigenvalue weighted by atomic mass is 10.1. The van der Waals surface area contributed by atoms with Gasteiger partial charge in [-0.1, -0.05) is 31.4 Å². The number of carboxylic acids is 1. The Balaban J connectivity index is 1.63. The van der Waals surface area contributed by atoms with Gasteiger partial charge in [0, 0.05) is 13.0 Å². The van der Waals surface area contributed by atoms with Gasteiger partial charge in [0.15, 0.2) is 11.5 Å². The molecule has 1 aliphatic rings. The molecule has 6 nitrogen and oxygen atoms in total. The van der Waals surface area contributed by atoms with Crippen molar-refractivity contribution in [2.75, 3.05) is 6.54 Å². The molecule has 0 saturated carbocycles. The monoisotopic (exact) mass is 335 g/mol. The molecule has 24 heavy (non-hydrogen) atoms. The average molecular weight is 335 g/mol. The van der Waals surface area contributed by atoms with E-state index < -0.39 is 12.1 Å². The van der Waals surface area contributed by atoms with E-state index in [4.69, 9.17) is 14.6 Å². The second-order valence-electron chi connectivity index (χ2n) is 6.01. The van der Waals surface area contributed by atoms with Crippen LogP contribution in [0.2, 0.25) is 0 Å². The number of carboxylic acid groups (broad SMARTS) is 1. The quantitative estimate of drug-likeness (QED) is 0.678. The van der Waals surface area contributed by atoms with Crippen molar-refractivity contribution in [2.45, 2.75) is 57.7 Å². The van der Waals surface area contributed by atoms with Crippen LogP contribution in [0, 0.1) is 0 Å². The molecule has 2 atom stereocenters. The standard InChI is InChI=1S/C18H25NO5/c1-13-17(24-15-10-7-6-9-14(15)23-13)18(22)19-12-8-4-2-3-5-11-16(20)21/h6-7,9-10,13,17H,2-5,8,11-12H2,1H3,(H,19,22)(H,20,21). The predicted octanol–water partition coefficient (Wildman–Crippen LogP) is 2.76. The van der Waals surface area contributed by atoms with Crippen molar-refractivity contribution in [2.24, 2.45) is 0 Å². The van der Waals surface area contributed by atoms with Crippen LogP contribution in [-0.2, 0) is 9.59 Å². The largest absolute Gasteiger partial charge is 0.482 e. The Morgan fingerprint density at radius 3 is 2.38 bits per heavy atom. The first-order valence-electron chi connectivity index (χ1n) is 8.50. The topological polar surface area (TPSA) is 84.9 Å². The fourth-order valence-electron chi connectivity index (χ4n) is 2.65. The average Bonchev–Trinajstić information content (AvgIpc) is 2.56. The number of para-hydroxylation sites is 2. The summed E-state index contributed by atoms with van der Waals surface area (Å²) < 4.78 is 11.5. The van der Waals surface area contributed by atoms with E-state index in [1.807, 2.05) is 25.1 Å². The van der Waals surface area contributed by atoms with Crippen molar-refractivity contribution in [1.82, 2.24) is 5.32 Å². The van der Waals surface area contributed by atoms with Gasteiger partial charge in [-0.25, -0.2) is 0 Å². The van der Waals surface area contributed by atoms with Gasteiger partial charge in [-0.15, -0.1) is 0 Å². The number of hydrogen-bond donors (Lipinski definition) is 2. The molecular weight excluding hydrogens is 310 g/mol. The number of carbonyl (C=O) groups excluding carboxylic acids is 1. The van der Waals surface area contributed by atoms with Gasteiger partial charge in [0.2, 0.25) is 6.10 Å². The Hall–Kier alpha value is -2.24. The normalized spacial score (nSPS) is 18.9. The number of rotatable bonds is 9. The van der Waals surface area contributed by atoms with E-state index in [1.54, 1.807) is 6.07 Å². The Bertz CT molecular complexity index is 560. The fourth-order valence-corrected chi connectivity index (χ4v) is 2.65. The fraction of sp³-hybridized carbons (Fsp3) is 0.556. The predicted molar refractivity (Wildman–Crippen MR) is 89.3 cm³/mol. The molecule has 1 amide bonds. The van der Waals surface area contributed by atoms with E-state index in [0.717, 1.165) is 25.7 Å². The smallest absolute Gasteiger partial charge is 0.303 e. The Morgan fingerprint density at radius 1 is 1.04 bits per heavy atom. The van der Waals surface area contributed by atoms with Crippen molar-refractivity contribution in [3.8, 4) is 11.5 Å². The van der Waals surface area contributed by atoms with E-state index in [9.17, 15) is 9.59 Å². The highest BCUT2D eigenvalue weighted by Crippen LogP contribution is 2.33. The maximum atomic E-state index is 12.2. The van der Waals surface area contributed by atoms with Crippen molar-refractivity contribution in [3.05, 3.63) is 24.3 Å². The number of nitrogens with one attached hydrogen (secondary N) is 1. The second-order valence-corrected chi connectivity index (χ2v) is 6.01. The van der Waals surface area contributed by atoms with Gasteiger partial charge in [0.05, 0.1) is 0 Å². The van der Waals surface area contributed by atoms with Crippen LogP contribution >= 0.6 is 0 Å². The molecule has 2 rings (SSSR count). The number of amides is 1. The van der Waals surface area contributed by atoms with E-state index in [1.165, 1.54) is 0 Å². The van der Waals surface area contributed by atoms with Crippen molar-refractivity contribution in [1.29, 1.82) is 0 Å². The van der Waals surface area contributed by atoms with Gasteiger partial charge < -0.3 is 19.9 Å². The maximum Gasteiger partial charge on any atom is 0.303 e. The Kier molecular flexibility index (Phi) is 6.90. The number of carbonyl (C=O) groups is 2. The molecule has 0 bridgehead atoms. The Morgan fingerprint density at radius 2 is 1.67 bits per heavy atom. The first kappa shape index (κ1) is 18.1. The van der Waals surface area contributed by atoms with Crippen LogP contribution in [0.4, 0.5) is 0 Å². The number of hydrogen-bond acceptors (Lipinski definition) is 4. The van der Waals surface area contributed by atoms with Gasteiger partial charge in [0.1, 0.15) is 6.10 Å². The number of ether oxygens (including phenoxy) is 2. The summed E-state index contributed by atoms with van der Waals surface area (Å²) in [6, 6.07) is 7.33. The number of benzene rings is 1. The molecule has 132 valence electrons. The minimum atomic E-state index is -0.743. The van der Waals surface area contributed by atoms with Gasteiger partial charge in [-0.3, -0.25) is 9.59 Å². The lowest BCUT2D eigenvalue weighted by molar-refractivity contribution is -0.137. The first-order chi connectivity index (χ1) is 11.6. The summed E-state index contributed by atoms with van der Waals surface area (Å²) in [6.07, 6.45) is 3.70. The van der Waals surface area contributed by atoms with Crippen LogP contribution in [0.15, 0.2) is 24.3 Å². The number of aliphatic carboxylic acids is 1. The van der Waals surface area contributed by atoms with Crippen LogP contribution in [0.3, 0.4) is 0 Å². The molecule has 6 heteroatoms. The highest BCUT2D eigenvalue weighted by molar-refractivity contribution is 5.82. The van der Waals surface area contributed by atoms with E-state index >= 15 is 0 Å². The third kappa shape index (κ3) is 5.44. The highest BCUT2D eigenvalue weighted by atomic mass is 16.6. The maximum absolute atomic E-state index is 12.2. The van der Waals surface area contributed by atoms with E-state index in [0.29, 0.717) is 24.5 Å². The zero-order chi connectivity index (χ0) is 17.4. The summed E-state index contributed by atoms with van der Waals surface area (Å²) in [4.78, 5) is 22.6. The molecule has 0 saturated heterocycles. The lowest BCUT2D eigenvalue weighted by Crippen LogP contribution is -2.49. The summed E-state index contributed by atoms with van der Waals surface area (Å²) in [7, 11) is 0. The highest BCUT2D eigenvalue weighted by Gasteiger charge is 2.33. The van der Waals surface area contributed by atoms with Crippen LogP contribution in [-0.4, -0.2) is 35.7 Å². The molecular formula is C18H25NO5. The minimum Gasteiger partial charge on any atom is -0.482 e. The molecule has 1 aromatic carbocycles. The van der Waals surface area contributed by atoms with Crippen LogP contribution in [0.1, 0.15) is 45.4 Å². The van der Waals surface area contributed by atoms with Gasteiger partial charge >= 0.3 is 5.97 Å². The summed E-state index contributed by atoms with van der Waals surface area (Å²) in [5, 5.41) is 11.4. The zero-order valence-corrected chi connectivity index (χ0v) is 14.0. The molecule has 0 radical (unpaired) electrons. The molecule has 0 aromatic heterocycles. The van der Waals surface area contributed by atoms with Crippen molar-refractivity contribution >= 4 is 11.9 Å². The molecule has 1 aromatic rings. The van der Waals surface area contributed by atoms with E-state index in [-0.39, 0.29) is 18.4 Å². The van der Waals surface area contributed by atoms with E-state index in [2.05, 4.69) is 5.32 Å². The van der Waals surface area contributed by atoms with Gasteiger partial charge in [0.25, 0.3) is 5.91 Å². The SMILES string of the molecule is CC1Oc2ccccc2OC1C(=O)NCCCCCCCC(=O)O. The Labute approximate surface area is 142 Å². The summed E-state index contributed by atoms with van der Waals surface area (Å²) in [6.45, 7) is 2.41. The number of unbranched alkanes of at least 4 members (excludes halogenated alkanes) is 4. The van der Waals surface area contributed by atoms with Crippen LogP contribution in [0.25, 0.3) is 0 Å². The van der Waals surface area contributed by atoms with Crippen LogP contribution in [0.5, 0.6) is 11.5 Å².